The topological polar surface area (TPSA) is 50.2 Å². The zero-order chi connectivity index (χ0) is 12.8. The van der Waals surface area contributed by atoms with Gasteiger partial charge in [-0.3, -0.25) is 4.79 Å². The monoisotopic (exact) mass is 238 g/mol. The Morgan fingerprint density at radius 3 is 2.82 bits per heavy atom. The first-order valence-electron chi connectivity index (χ1n) is 5.91. The lowest BCUT2D eigenvalue weighted by atomic mass is 10.2. The Kier molecular flexibility index (Phi) is 5.15. The lowest BCUT2D eigenvalue weighted by Gasteiger charge is -2.13. The molecular weight excluding hydrogens is 216 g/mol. The standard InChI is InChI=1S/C12H22N4O/c1-10(2)7-13-8-11-14-5-6-16(11)9-12(17)15(3)4/h5-6,10,13H,7-9H2,1-4H3. The molecule has 0 aliphatic heterocycles. The summed E-state index contributed by atoms with van der Waals surface area (Å²) in [5, 5.41) is 3.32. The van der Waals surface area contributed by atoms with Gasteiger partial charge in [0, 0.05) is 26.5 Å². The van der Waals surface area contributed by atoms with Crippen LogP contribution in [0.5, 0.6) is 0 Å². The number of carbonyl (C=O) groups excluding carboxylic acids is 1. The maximum Gasteiger partial charge on any atom is 0.242 e. The van der Waals surface area contributed by atoms with Gasteiger partial charge in [-0.25, -0.2) is 4.98 Å². The van der Waals surface area contributed by atoms with E-state index < -0.39 is 0 Å². The summed E-state index contributed by atoms with van der Waals surface area (Å²) in [5.74, 6) is 1.59. The molecule has 1 N–H and O–H groups in total. The Morgan fingerprint density at radius 1 is 1.53 bits per heavy atom. The molecule has 0 atom stereocenters. The molecule has 1 rings (SSSR count). The average Bonchev–Trinajstić information content (AvgIpc) is 2.65. The highest BCUT2D eigenvalue weighted by molar-refractivity contribution is 5.75. The number of aromatic nitrogens is 2. The van der Waals surface area contributed by atoms with E-state index in [-0.39, 0.29) is 5.91 Å². The van der Waals surface area contributed by atoms with Crippen molar-refractivity contribution in [1.29, 1.82) is 0 Å². The first kappa shape index (κ1) is 13.7. The van der Waals surface area contributed by atoms with Gasteiger partial charge in [0.15, 0.2) is 0 Å². The van der Waals surface area contributed by atoms with Gasteiger partial charge in [0.25, 0.3) is 0 Å². The largest absolute Gasteiger partial charge is 0.347 e. The molecule has 0 aliphatic rings. The third kappa shape index (κ3) is 4.56. The molecule has 5 nitrogen and oxygen atoms in total. The van der Waals surface area contributed by atoms with Crippen LogP contribution in [0.4, 0.5) is 0 Å². The summed E-state index contributed by atoms with van der Waals surface area (Å²) in [6, 6.07) is 0. The summed E-state index contributed by atoms with van der Waals surface area (Å²) in [6.45, 7) is 6.33. The fraction of sp³-hybridized carbons (Fsp3) is 0.667. The van der Waals surface area contributed by atoms with Crippen molar-refractivity contribution < 1.29 is 4.79 Å². The summed E-state index contributed by atoms with van der Waals surface area (Å²) in [4.78, 5) is 17.4. The summed E-state index contributed by atoms with van der Waals surface area (Å²) >= 11 is 0. The first-order valence-corrected chi connectivity index (χ1v) is 5.91. The van der Waals surface area contributed by atoms with Gasteiger partial charge in [-0.15, -0.1) is 0 Å². The van der Waals surface area contributed by atoms with E-state index in [1.165, 1.54) is 0 Å². The number of nitrogens with one attached hydrogen (secondary N) is 1. The molecule has 0 bridgehead atoms. The predicted molar refractivity (Wildman–Crippen MR) is 67.5 cm³/mol. The molecule has 0 saturated heterocycles. The summed E-state index contributed by atoms with van der Waals surface area (Å²) in [7, 11) is 3.52. The summed E-state index contributed by atoms with van der Waals surface area (Å²) in [6.07, 6.45) is 3.57. The molecule has 1 aromatic heterocycles. The van der Waals surface area contributed by atoms with Gasteiger partial charge < -0.3 is 14.8 Å². The number of hydrogen-bond acceptors (Lipinski definition) is 3. The molecule has 5 heteroatoms. The fourth-order valence-corrected chi connectivity index (χ4v) is 1.41. The van der Waals surface area contributed by atoms with Gasteiger partial charge in [0.2, 0.25) is 5.91 Å². The van der Waals surface area contributed by atoms with Crippen LogP contribution in [0.25, 0.3) is 0 Å². The number of nitrogens with zero attached hydrogens (tertiary/aromatic N) is 3. The van der Waals surface area contributed by atoms with Gasteiger partial charge >= 0.3 is 0 Å². The van der Waals surface area contributed by atoms with Crippen LogP contribution >= 0.6 is 0 Å². The Hall–Kier alpha value is -1.36. The lowest BCUT2D eigenvalue weighted by Crippen LogP contribution is -2.28. The van der Waals surface area contributed by atoms with Crippen LogP contribution in [0.2, 0.25) is 0 Å². The molecule has 0 unspecified atom stereocenters. The van der Waals surface area contributed by atoms with Crippen LogP contribution in [-0.4, -0.2) is 41.0 Å². The van der Waals surface area contributed by atoms with E-state index >= 15 is 0 Å². The van der Waals surface area contributed by atoms with E-state index in [1.54, 1.807) is 25.2 Å². The van der Waals surface area contributed by atoms with Gasteiger partial charge in [0.05, 0.1) is 6.54 Å². The van der Waals surface area contributed by atoms with Crippen molar-refractivity contribution in [1.82, 2.24) is 19.8 Å². The second kappa shape index (κ2) is 6.39. The fourth-order valence-electron chi connectivity index (χ4n) is 1.41. The third-order valence-electron chi connectivity index (χ3n) is 2.44. The van der Waals surface area contributed by atoms with Crippen LogP contribution in [0.1, 0.15) is 19.7 Å². The number of likely N-dealkylation sites (N-methyl/N-ethyl adjacent to an activating group) is 1. The van der Waals surface area contributed by atoms with E-state index in [0.717, 1.165) is 12.4 Å². The number of hydrogen-bond donors (Lipinski definition) is 1. The Balaban J connectivity index is 2.51. The molecule has 0 aliphatic carbocycles. The first-order chi connectivity index (χ1) is 8.00. The molecule has 0 radical (unpaired) electrons. The molecule has 1 aromatic rings. The van der Waals surface area contributed by atoms with Crippen molar-refractivity contribution in [3.05, 3.63) is 18.2 Å². The molecule has 0 spiro atoms. The van der Waals surface area contributed by atoms with Gasteiger partial charge in [-0.05, 0) is 12.5 Å². The van der Waals surface area contributed by atoms with E-state index in [2.05, 4.69) is 24.1 Å². The number of carbonyl (C=O) groups is 1. The van der Waals surface area contributed by atoms with E-state index in [1.807, 2.05) is 10.8 Å². The van der Waals surface area contributed by atoms with Gasteiger partial charge in [0.1, 0.15) is 12.4 Å². The average molecular weight is 238 g/mol. The van der Waals surface area contributed by atoms with Gasteiger partial charge in [-0.2, -0.15) is 0 Å². The molecule has 0 saturated carbocycles. The van der Waals surface area contributed by atoms with Crippen molar-refractivity contribution in [3.63, 3.8) is 0 Å². The van der Waals surface area contributed by atoms with Crippen molar-refractivity contribution in [3.8, 4) is 0 Å². The van der Waals surface area contributed by atoms with Crippen molar-refractivity contribution in [2.24, 2.45) is 5.92 Å². The highest BCUT2D eigenvalue weighted by Crippen LogP contribution is 1.99. The summed E-state index contributed by atoms with van der Waals surface area (Å²) in [5.41, 5.74) is 0. The zero-order valence-corrected chi connectivity index (χ0v) is 11.1. The molecule has 17 heavy (non-hydrogen) atoms. The zero-order valence-electron chi connectivity index (χ0n) is 11.1. The second-order valence-corrected chi connectivity index (χ2v) is 4.78. The normalized spacial score (nSPS) is 10.9. The minimum absolute atomic E-state index is 0.0770. The molecular formula is C12H22N4O. The third-order valence-corrected chi connectivity index (χ3v) is 2.44. The Morgan fingerprint density at radius 2 is 2.24 bits per heavy atom. The molecule has 1 heterocycles. The quantitative estimate of drug-likeness (QED) is 0.794. The molecule has 0 fully saturated rings. The Bertz CT molecular complexity index is 357. The van der Waals surface area contributed by atoms with Crippen molar-refractivity contribution >= 4 is 5.91 Å². The SMILES string of the molecule is CC(C)CNCc1nccn1CC(=O)N(C)C. The molecule has 1 amide bonds. The van der Waals surface area contributed by atoms with Crippen LogP contribution in [0.3, 0.4) is 0 Å². The maximum absolute atomic E-state index is 11.6. The van der Waals surface area contributed by atoms with Crippen LogP contribution in [-0.2, 0) is 17.9 Å². The van der Waals surface area contributed by atoms with Crippen LogP contribution in [0.15, 0.2) is 12.4 Å². The van der Waals surface area contributed by atoms with E-state index in [4.69, 9.17) is 0 Å². The number of imidazole rings is 1. The number of rotatable bonds is 6. The predicted octanol–water partition coefficient (Wildman–Crippen LogP) is 0.717. The minimum atomic E-state index is 0.0770. The molecule has 96 valence electrons. The van der Waals surface area contributed by atoms with E-state index in [9.17, 15) is 4.79 Å². The highest BCUT2D eigenvalue weighted by atomic mass is 16.2. The van der Waals surface area contributed by atoms with Crippen LogP contribution < -0.4 is 5.32 Å². The van der Waals surface area contributed by atoms with E-state index in [0.29, 0.717) is 19.0 Å². The highest BCUT2D eigenvalue weighted by Gasteiger charge is 2.08. The minimum Gasteiger partial charge on any atom is -0.347 e. The smallest absolute Gasteiger partial charge is 0.242 e. The Labute approximate surface area is 103 Å². The van der Waals surface area contributed by atoms with Gasteiger partial charge in [-0.1, -0.05) is 13.8 Å². The second-order valence-electron chi connectivity index (χ2n) is 4.78. The van der Waals surface area contributed by atoms with Crippen molar-refractivity contribution in [2.45, 2.75) is 26.9 Å². The maximum atomic E-state index is 11.6. The summed E-state index contributed by atoms with van der Waals surface area (Å²) < 4.78 is 1.88. The van der Waals surface area contributed by atoms with Crippen LogP contribution in [0, 0.1) is 5.92 Å². The molecule has 0 aromatic carbocycles. The lowest BCUT2D eigenvalue weighted by molar-refractivity contribution is -0.129. The van der Waals surface area contributed by atoms with Crippen molar-refractivity contribution in [2.75, 3.05) is 20.6 Å². The number of amides is 1.